The van der Waals surface area contributed by atoms with Crippen molar-refractivity contribution >= 4 is 5.78 Å². The van der Waals surface area contributed by atoms with E-state index in [1.165, 1.54) is 18.3 Å². The highest BCUT2D eigenvalue weighted by atomic mass is 19.1. The second-order valence-corrected chi connectivity index (χ2v) is 3.74. The van der Waals surface area contributed by atoms with Crippen LogP contribution in [-0.2, 0) is 7.05 Å². The lowest BCUT2D eigenvalue weighted by Crippen LogP contribution is -2.07. The summed E-state index contributed by atoms with van der Waals surface area (Å²) in [5.74, 6) is -0.617. The first-order valence-electron chi connectivity index (χ1n) is 4.86. The molecule has 0 radical (unpaired) electrons. The van der Waals surface area contributed by atoms with E-state index in [2.05, 4.69) is 4.98 Å². The van der Waals surface area contributed by atoms with Gasteiger partial charge in [0.25, 0.3) is 0 Å². The van der Waals surface area contributed by atoms with Crippen molar-refractivity contribution in [3.63, 3.8) is 0 Å². The van der Waals surface area contributed by atoms with Crippen LogP contribution >= 0.6 is 0 Å². The number of hydrogen-bond donors (Lipinski definition) is 0. The average molecular weight is 218 g/mol. The summed E-state index contributed by atoms with van der Waals surface area (Å²) in [6.07, 6.45) is 3.02. The minimum atomic E-state index is -0.398. The standard InChI is InChI=1S/C12H11FN2O/c1-8-3-9(5-10(13)4-8)12(16)11-6-14-7-15(11)2/h3-7H,1-2H3. The molecule has 0 unspecified atom stereocenters. The number of hydrogen-bond acceptors (Lipinski definition) is 2. The van der Waals surface area contributed by atoms with Crippen molar-refractivity contribution in [3.05, 3.63) is 53.4 Å². The van der Waals surface area contributed by atoms with Gasteiger partial charge in [0.05, 0.1) is 12.5 Å². The summed E-state index contributed by atoms with van der Waals surface area (Å²) in [5.41, 5.74) is 1.52. The molecule has 0 fully saturated rings. The Morgan fingerprint density at radius 3 is 2.69 bits per heavy atom. The molecule has 16 heavy (non-hydrogen) atoms. The summed E-state index contributed by atoms with van der Waals surface area (Å²) in [4.78, 5) is 15.9. The Morgan fingerprint density at radius 2 is 2.12 bits per heavy atom. The molecule has 0 saturated carbocycles. The molecule has 0 N–H and O–H groups in total. The fourth-order valence-corrected chi connectivity index (χ4v) is 1.59. The van der Waals surface area contributed by atoms with Crippen LogP contribution < -0.4 is 0 Å². The molecule has 0 aliphatic carbocycles. The summed E-state index contributed by atoms with van der Waals surface area (Å²) in [6, 6.07) is 4.29. The molecule has 0 bridgehead atoms. The van der Waals surface area contributed by atoms with Gasteiger partial charge in [-0.2, -0.15) is 0 Å². The van der Waals surface area contributed by atoms with Crippen LogP contribution in [0.1, 0.15) is 21.6 Å². The fourth-order valence-electron chi connectivity index (χ4n) is 1.59. The predicted molar refractivity (Wildman–Crippen MR) is 57.8 cm³/mol. The number of imidazole rings is 1. The van der Waals surface area contributed by atoms with Gasteiger partial charge in [-0.25, -0.2) is 9.37 Å². The van der Waals surface area contributed by atoms with Crippen LogP contribution in [0.3, 0.4) is 0 Å². The van der Waals surface area contributed by atoms with Crippen molar-refractivity contribution in [3.8, 4) is 0 Å². The van der Waals surface area contributed by atoms with Crippen LogP contribution in [0, 0.1) is 12.7 Å². The normalized spacial score (nSPS) is 10.4. The van der Waals surface area contributed by atoms with E-state index in [0.29, 0.717) is 11.3 Å². The van der Waals surface area contributed by atoms with E-state index < -0.39 is 5.82 Å². The largest absolute Gasteiger partial charge is 0.331 e. The van der Waals surface area contributed by atoms with Crippen molar-refractivity contribution in [2.24, 2.45) is 7.05 Å². The molecule has 0 aliphatic rings. The van der Waals surface area contributed by atoms with Gasteiger partial charge >= 0.3 is 0 Å². The second kappa shape index (κ2) is 3.89. The summed E-state index contributed by atoms with van der Waals surface area (Å²) in [7, 11) is 1.73. The Hall–Kier alpha value is -1.97. The van der Waals surface area contributed by atoms with E-state index >= 15 is 0 Å². The van der Waals surface area contributed by atoms with E-state index in [4.69, 9.17) is 0 Å². The number of aromatic nitrogens is 2. The molecule has 3 nitrogen and oxygen atoms in total. The van der Waals surface area contributed by atoms with Gasteiger partial charge in [0.15, 0.2) is 0 Å². The molecule has 1 heterocycles. The number of benzene rings is 1. The van der Waals surface area contributed by atoms with Gasteiger partial charge in [-0.3, -0.25) is 4.79 Å². The van der Waals surface area contributed by atoms with Crippen molar-refractivity contribution in [2.75, 3.05) is 0 Å². The highest BCUT2D eigenvalue weighted by molar-refractivity contribution is 6.07. The van der Waals surface area contributed by atoms with Crippen LogP contribution in [0.2, 0.25) is 0 Å². The monoisotopic (exact) mass is 218 g/mol. The molecule has 2 rings (SSSR count). The van der Waals surface area contributed by atoms with Gasteiger partial charge in [-0.05, 0) is 30.7 Å². The second-order valence-electron chi connectivity index (χ2n) is 3.74. The number of ketones is 1. The van der Waals surface area contributed by atoms with Gasteiger partial charge in [-0.1, -0.05) is 0 Å². The molecule has 1 aromatic carbocycles. The first-order chi connectivity index (χ1) is 7.58. The van der Waals surface area contributed by atoms with Crippen molar-refractivity contribution in [2.45, 2.75) is 6.92 Å². The van der Waals surface area contributed by atoms with Crippen LogP contribution in [0.4, 0.5) is 4.39 Å². The van der Waals surface area contributed by atoms with Gasteiger partial charge in [0.2, 0.25) is 5.78 Å². The molecular formula is C12H11FN2O. The zero-order valence-corrected chi connectivity index (χ0v) is 9.07. The molecular weight excluding hydrogens is 207 g/mol. The van der Waals surface area contributed by atoms with Gasteiger partial charge < -0.3 is 4.57 Å². The molecule has 0 spiro atoms. The number of aryl methyl sites for hydroxylation is 2. The third kappa shape index (κ3) is 1.86. The van der Waals surface area contributed by atoms with E-state index in [-0.39, 0.29) is 5.78 Å². The average Bonchev–Trinajstić information content (AvgIpc) is 2.62. The minimum Gasteiger partial charge on any atom is -0.331 e. The number of halogens is 1. The zero-order chi connectivity index (χ0) is 11.7. The maximum atomic E-state index is 13.2. The van der Waals surface area contributed by atoms with Gasteiger partial charge in [0, 0.05) is 12.6 Å². The quantitative estimate of drug-likeness (QED) is 0.723. The molecule has 0 atom stereocenters. The van der Waals surface area contributed by atoms with E-state index in [9.17, 15) is 9.18 Å². The summed E-state index contributed by atoms with van der Waals surface area (Å²) >= 11 is 0. The maximum absolute atomic E-state index is 13.2. The van der Waals surface area contributed by atoms with Crippen LogP contribution in [-0.4, -0.2) is 15.3 Å². The van der Waals surface area contributed by atoms with Crippen molar-refractivity contribution in [1.82, 2.24) is 9.55 Å². The fraction of sp³-hybridized carbons (Fsp3) is 0.167. The minimum absolute atomic E-state index is 0.220. The molecule has 2 aromatic rings. The SMILES string of the molecule is Cc1cc(F)cc(C(=O)c2cncn2C)c1. The lowest BCUT2D eigenvalue weighted by atomic mass is 10.1. The van der Waals surface area contributed by atoms with E-state index in [0.717, 1.165) is 5.56 Å². The zero-order valence-electron chi connectivity index (χ0n) is 9.07. The van der Waals surface area contributed by atoms with E-state index in [1.54, 1.807) is 30.9 Å². The molecule has 1 aromatic heterocycles. The van der Waals surface area contributed by atoms with Gasteiger partial charge in [0.1, 0.15) is 11.5 Å². The Kier molecular flexibility index (Phi) is 2.56. The van der Waals surface area contributed by atoms with Gasteiger partial charge in [-0.15, -0.1) is 0 Å². The van der Waals surface area contributed by atoms with Crippen LogP contribution in [0.15, 0.2) is 30.7 Å². The molecule has 0 saturated heterocycles. The number of nitrogens with zero attached hydrogens (tertiary/aromatic N) is 2. The Labute approximate surface area is 92.5 Å². The summed E-state index contributed by atoms with van der Waals surface area (Å²) in [6.45, 7) is 1.75. The number of carbonyl (C=O) groups excluding carboxylic acids is 1. The first kappa shape index (κ1) is 10.5. The first-order valence-corrected chi connectivity index (χ1v) is 4.86. The van der Waals surface area contributed by atoms with Crippen LogP contribution in [0.5, 0.6) is 0 Å². The molecule has 0 aliphatic heterocycles. The summed E-state index contributed by atoms with van der Waals surface area (Å²) in [5, 5.41) is 0. The van der Waals surface area contributed by atoms with Crippen LogP contribution in [0.25, 0.3) is 0 Å². The topological polar surface area (TPSA) is 34.9 Å². The number of carbonyl (C=O) groups is 1. The highest BCUT2D eigenvalue weighted by Crippen LogP contribution is 2.13. The Morgan fingerprint density at radius 1 is 1.38 bits per heavy atom. The maximum Gasteiger partial charge on any atom is 0.211 e. The Balaban J connectivity index is 2.45. The third-order valence-electron chi connectivity index (χ3n) is 2.35. The predicted octanol–water partition coefficient (Wildman–Crippen LogP) is 2.10. The smallest absolute Gasteiger partial charge is 0.211 e. The lowest BCUT2D eigenvalue weighted by molar-refractivity contribution is 0.103. The molecule has 82 valence electrons. The summed E-state index contributed by atoms with van der Waals surface area (Å²) < 4.78 is 14.8. The molecule has 0 amide bonds. The third-order valence-corrected chi connectivity index (χ3v) is 2.35. The van der Waals surface area contributed by atoms with Crippen molar-refractivity contribution < 1.29 is 9.18 Å². The number of rotatable bonds is 2. The highest BCUT2D eigenvalue weighted by Gasteiger charge is 2.13. The molecule has 4 heteroatoms. The Bertz CT molecular complexity index is 525. The van der Waals surface area contributed by atoms with E-state index in [1.807, 2.05) is 0 Å². The van der Waals surface area contributed by atoms with Crippen molar-refractivity contribution in [1.29, 1.82) is 0 Å². The lowest BCUT2D eigenvalue weighted by Gasteiger charge is -2.03.